The summed E-state index contributed by atoms with van der Waals surface area (Å²) in [5, 5.41) is 18.4. The van der Waals surface area contributed by atoms with Crippen LogP contribution in [0, 0.1) is 0 Å². The number of carboxylic acid groups (broad SMARTS) is 1. The zero-order valence-electron chi connectivity index (χ0n) is 21.5. The second kappa shape index (κ2) is 12.9. The number of carbonyl (C=O) groups is 3. The van der Waals surface area contributed by atoms with Gasteiger partial charge in [-0.15, -0.1) is 0 Å². The van der Waals surface area contributed by atoms with E-state index in [1.807, 2.05) is 0 Å². The maximum Gasteiger partial charge on any atom is 0.326 e. The van der Waals surface area contributed by atoms with Gasteiger partial charge in [-0.3, -0.25) is 14.6 Å². The van der Waals surface area contributed by atoms with Crippen LogP contribution >= 0.6 is 0 Å². The van der Waals surface area contributed by atoms with Crippen molar-refractivity contribution in [3.05, 3.63) is 65.7 Å². The van der Waals surface area contributed by atoms with Crippen molar-refractivity contribution in [2.75, 3.05) is 26.2 Å². The lowest BCUT2D eigenvalue weighted by Gasteiger charge is -2.25. The van der Waals surface area contributed by atoms with Crippen LogP contribution in [0.3, 0.4) is 0 Å². The van der Waals surface area contributed by atoms with Gasteiger partial charge in [0.05, 0.1) is 11.4 Å². The molecule has 4 N–H and O–H groups in total. The molecule has 0 unspecified atom stereocenters. The minimum absolute atomic E-state index is 0.0138. The molecule has 39 heavy (non-hydrogen) atoms. The Labute approximate surface area is 227 Å². The maximum atomic E-state index is 13.1. The molecule has 2 atom stereocenters. The lowest BCUT2D eigenvalue weighted by Crippen LogP contribution is -2.51. The molecule has 12 heteroatoms. The van der Waals surface area contributed by atoms with Crippen LogP contribution in [0.1, 0.15) is 30.4 Å². The van der Waals surface area contributed by atoms with Gasteiger partial charge < -0.3 is 21.1 Å². The Morgan fingerprint density at radius 3 is 2.44 bits per heavy atom. The van der Waals surface area contributed by atoms with Crippen molar-refractivity contribution in [1.29, 1.82) is 0 Å². The largest absolute Gasteiger partial charge is 0.480 e. The average Bonchev–Trinajstić information content (AvgIpc) is 3.45. The van der Waals surface area contributed by atoms with E-state index in [-0.39, 0.29) is 36.6 Å². The monoisotopic (exact) mass is 555 g/mol. The van der Waals surface area contributed by atoms with Crippen LogP contribution in [-0.4, -0.2) is 79.7 Å². The van der Waals surface area contributed by atoms with Gasteiger partial charge in [-0.05, 0) is 42.5 Å². The molecule has 1 amide bonds. The van der Waals surface area contributed by atoms with Crippen molar-refractivity contribution in [2.45, 2.75) is 49.1 Å². The van der Waals surface area contributed by atoms with E-state index in [0.717, 1.165) is 29.4 Å². The highest BCUT2D eigenvalue weighted by Gasteiger charge is 2.40. The highest BCUT2D eigenvalue weighted by Crippen LogP contribution is 2.26. The molecular weight excluding hydrogens is 522 g/mol. The number of nitrogens with zero attached hydrogens (tertiary/aromatic N) is 2. The van der Waals surface area contributed by atoms with Gasteiger partial charge in [-0.1, -0.05) is 42.5 Å². The zero-order valence-corrected chi connectivity index (χ0v) is 22.3. The first-order chi connectivity index (χ1) is 18.7. The van der Waals surface area contributed by atoms with Crippen LogP contribution in [0.2, 0.25) is 0 Å². The quantitative estimate of drug-likeness (QED) is 0.316. The topological polar surface area (TPSA) is 157 Å². The van der Waals surface area contributed by atoms with Crippen LogP contribution in [0.15, 0.2) is 64.5 Å². The molecule has 2 aliphatic rings. The molecular formula is C27H33N5O6S. The van der Waals surface area contributed by atoms with E-state index < -0.39 is 34.0 Å². The number of aliphatic carboxylic acids is 1. The number of hydrogen-bond acceptors (Lipinski definition) is 8. The summed E-state index contributed by atoms with van der Waals surface area (Å²) in [4.78, 5) is 41.7. The number of carboxylic acids is 1. The van der Waals surface area contributed by atoms with Crippen LogP contribution < -0.4 is 16.0 Å². The maximum absolute atomic E-state index is 13.1. The van der Waals surface area contributed by atoms with Gasteiger partial charge >= 0.3 is 5.97 Å². The minimum atomic E-state index is -3.89. The summed E-state index contributed by atoms with van der Waals surface area (Å²) in [6.07, 6.45) is 2.01. The van der Waals surface area contributed by atoms with Gasteiger partial charge in [0.15, 0.2) is 11.7 Å². The highest BCUT2D eigenvalue weighted by atomic mass is 32.2. The van der Waals surface area contributed by atoms with E-state index in [1.54, 1.807) is 42.5 Å². The van der Waals surface area contributed by atoms with E-state index in [0.29, 0.717) is 24.4 Å². The molecule has 0 aliphatic carbocycles. The summed E-state index contributed by atoms with van der Waals surface area (Å²) in [7, 11) is -3.89. The fourth-order valence-electron chi connectivity index (χ4n) is 4.64. The first-order valence-electron chi connectivity index (χ1n) is 13.0. The summed E-state index contributed by atoms with van der Waals surface area (Å²) >= 11 is 0. The number of nitrogens with one attached hydrogen (secondary N) is 3. The predicted molar refractivity (Wildman–Crippen MR) is 145 cm³/mol. The van der Waals surface area contributed by atoms with Gasteiger partial charge in [-0.2, -0.15) is 4.31 Å². The molecule has 0 bridgehead atoms. The fraction of sp³-hybridized carbons (Fsp3) is 0.407. The molecule has 0 spiro atoms. The van der Waals surface area contributed by atoms with E-state index in [9.17, 15) is 27.9 Å². The fourth-order valence-corrected chi connectivity index (χ4v) is 6.32. The number of guanidine groups is 1. The van der Waals surface area contributed by atoms with Crippen molar-refractivity contribution in [2.24, 2.45) is 4.99 Å². The number of aliphatic imine (C=N–C) groups is 1. The molecule has 0 radical (unpaired) electrons. The molecule has 11 nitrogen and oxygen atoms in total. The first kappa shape index (κ1) is 28.2. The van der Waals surface area contributed by atoms with Crippen molar-refractivity contribution < 1.29 is 27.9 Å². The third-order valence-corrected chi connectivity index (χ3v) is 8.61. The van der Waals surface area contributed by atoms with Crippen molar-refractivity contribution >= 4 is 33.6 Å². The molecule has 2 aliphatic heterocycles. The number of benzene rings is 2. The van der Waals surface area contributed by atoms with Crippen molar-refractivity contribution in [3.63, 3.8) is 0 Å². The van der Waals surface area contributed by atoms with E-state index in [2.05, 4.69) is 20.9 Å². The normalized spacial score (nSPS) is 18.5. The second-order valence-electron chi connectivity index (χ2n) is 9.59. The van der Waals surface area contributed by atoms with Gasteiger partial charge in [-0.25, -0.2) is 13.2 Å². The second-order valence-corrected chi connectivity index (χ2v) is 11.5. The predicted octanol–water partition coefficient (Wildman–Crippen LogP) is 0.702. The Bertz CT molecular complexity index is 1310. The Morgan fingerprint density at radius 2 is 1.77 bits per heavy atom. The summed E-state index contributed by atoms with van der Waals surface area (Å²) in [6.45, 7) is 1.89. The van der Waals surface area contributed by atoms with Crippen LogP contribution in [0.25, 0.3) is 0 Å². The van der Waals surface area contributed by atoms with E-state index in [1.165, 1.54) is 12.1 Å². The van der Waals surface area contributed by atoms with Crippen molar-refractivity contribution in [3.8, 4) is 0 Å². The van der Waals surface area contributed by atoms with Crippen molar-refractivity contribution in [1.82, 2.24) is 20.3 Å². The standard InChI is InChI=1S/C27H33N5O6S/c33-21(18-30-27-28-13-5-14-29-27)16-19-9-11-20(12-10-19)17-23(26(35)36)31-25(34)24-8-4-15-32(24)39(37,38)22-6-2-1-3-7-22/h1-3,6-7,9-12,23-24H,4-5,8,13-18H2,(H,31,34)(H,35,36)(H2,28,29,30)/t23-,24-/m0/s1. The summed E-state index contributed by atoms with van der Waals surface area (Å²) in [5.41, 5.74) is 1.45. The number of hydrogen-bond donors (Lipinski definition) is 4. The van der Waals surface area contributed by atoms with Crippen LogP contribution in [-0.2, 0) is 37.2 Å². The number of rotatable bonds is 11. The molecule has 1 saturated heterocycles. The lowest BCUT2D eigenvalue weighted by molar-refractivity contribution is -0.142. The Balaban J connectivity index is 1.33. The lowest BCUT2D eigenvalue weighted by atomic mass is 10.0. The summed E-state index contributed by atoms with van der Waals surface area (Å²) in [5.74, 6) is -1.24. The smallest absolute Gasteiger partial charge is 0.326 e. The highest BCUT2D eigenvalue weighted by molar-refractivity contribution is 7.89. The zero-order chi connectivity index (χ0) is 27.8. The summed E-state index contributed by atoms with van der Waals surface area (Å²) < 4.78 is 27.3. The molecule has 4 rings (SSSR count). The van der Waals surface area contributed by atoms with Gasteiger partial charge in [0.25, 0.3) is 0 Å². The molecule has 208 valence electrons. The number of amides is 1. The number of sulfonamides is 1. The molecule has 2 aromatic carbocycles. The molecule has 2 heterocycles. The third kappa shape index (κ3) is 7.42. The minimum Gasteiger partial charge on any atom is -0.480 e. The Morgan fingerprint density at radius 1 is 1.05 bits per heavy atom. The number of carbonyl (C=O) groups excluding carboxylic acids is 2. The van der Waals surface area contributed by atoms with E-state index >= 15 is 0 Å². The molecule has 0 saturated carbocycles. The van der Waals surface area contributed by atoms with Gasteiger partial charge in [0.2, 0.25) is 15.9 Å². The number of Topliss-reactive ketones (excluding diaryl/α,β-unsaturated/α-hetero) is 1. The van der Waals surface area contributed by atoms with Crippen LogP contribution in [0.5, 0.6) is 0 Å². The Hall–Kier alpha value is -3.77. The number of ketones is 1. The average molecular weight is 556 g/mol. The first-order valence-corrected chi connectivity index (χ1v) is 14.4. The third-order valence-electron chi connectivity index (χ3n) is 6.69. The SMILES string of the molecule is O=C(CNC1=NCCCN1)Cc1ccc(C[C@H](NC(=O)[C@@H]2CCCN2S(=O)(=O)c2ccccc2)C(=O)O)cc1. The Kier molecular flexibility index (Phi) is 9.31. The van der Waals surface area contributed by atoms with Gasteiger partial charge in [0, 0.05) is 32.5 Å². The molecule has 2 aromatic rings. The van der Waals surface area contributed by atoms with E-state index in [4.69, 9.17) is 0 Å². The molecule has 1 fully saturated rings. The van der Waals surface area contributed by atoms with Gasteiger partial charge in [0.1, 0.15) is 12.1 Å². The molecule has 0 aromatic heterocycles. The summed E-state index contributed by atoms with van der Waals surface area (Å²) in [6, 6.07) is 12.6. The van der Waals surface area contributed by atoms with Crippen LogP contribution in [0.4, 0.5) is 0 Å².